The predicted octanol–water partition coefficient (Wildman–Crippen LogP) is 0.713. The molecule has 0 unspecified atom stereocenters. The van der Waals surface area contributed by atoms with E-state index in [9.17, 15) is 0 Å². The second kappa shape index (κ2) is 4.18. The number of anilines is 2. The van der Waals surface area contributed by atoms with Gasteiger partial charge in [-0.3, -0.25) is 4.68 Å². The zero-order valence-corrected chi connectivity index (χ0v) is 9.31. The summed E-state index contributed by atoms with van der Waals surface area (Å²) in [4.78, 5) is 8.32. The lowest BCUT2D eigenvalue weighted by Gasteiger charge is -2.06. The molecule has 6 heteroatoms. The summed E-state index contributed by atoms with van der Waals surface area (Å²) in [7, 11) is 1.84. The van der Waals surface area contributed by atoms with E-state index >= 15 is 0 Å². The zero-order chi connectivity index (χ0) is 11.5. The smallest absolute Gasteiger partial charge is 0.169 e. The highest BCUT2D eigenvalue weighted by Gasteiger charge is 2.02. The summed E-state index contributed by atoms with van der Waals surface area (Å²) in [6, 6.07) is 1.88. The highest BCUT2D eigenvalue weighted by molar-refractivity contribution is 5.50. The molecule has 0 amide bonds. The summed E-state index contributed by atoms with van der Waals surface area (Å²) in [6.45, 7) is 2.51. The van der Waals surface area contributed by atoms with E-state index in [4.69, 9.17) is 5.73 Å². The van der Waals surface area contributed by atoms with E-state index in [-0.39, 0.29) is 0 Å². The number of nitrogens with one attached hydrogen (secondary N) is 1. The average molecular weight is 218 g/mol. The number of aryl methyl sites for hydroxylation is 2. The van der Waals surface area contributed by atoms with Crippen molar-refractivity contribution >= 4 is 11.5 Å². The van der Waals surface area contributed by atoms with Crippen molar-refractivity contribution in [1.82, 2.24) is 19.7 Å². The maximum Gasteiger partial charge on any atom is 0.169 e. The Bertz CT molecular complexity index is 490. The fraction of sp³-hybridized carbons (Fsp3) is 0.300. The van der Waals surface area contributed by atoms with E-state index in [0.717, 1.165) is 17.2 Å². The van der Waals surface area contributed by atoms with Crippen LogP contribution in [0.15, 0.2) is 18.6 Å². The van der Waals surface area contributed by atoms with Crippen molar-refractivity contribution < 1.29 is 0 Å². The van der Waals surface area contributed by atoms with Crippen molar-refractivity contribution in [3.05, 3.63) is 30.0 Å². The molecule has 6 nitrogen and oxygen atoms in total. The van der Waals surface area contributed by atoms with Gasteiger partial charge in [0.2, 0.25) is 0 Å². The van der Waals surface area contributed by atoms with Crippen molar-refractivity contribution in [2.24, 2.45) is 7.05 Å². The number of rotatable bonds is 3. The summed E-state index contributed by atoms with van der Waals surface area (Å²) in [5.41, 5.74) is 7.30. The van der Waals surface area contributed by atoms with Gasteiger partial charge in [0, 0.05) is 7.05 Å². The van der Waals surface area contributed by atoms with Gasteiger partial charge in [-0.05, 0) is 18.6 Å². The highest BCUT2D eigenvalue weighted by Crippen LogP contribution is 2.14. The number of pyridine rings is 1. The van der Waals surface area contributed by atoms with E-state index < -0.39 is 0 Å². The molecule has 84 valence electrons. The van der Waals surface area contributed by atoms with Crippen LogP contribution in [0.4, 0.5) is 11.5 Å². The largest absolute Gasteiger partial charge is 0.397 e. The number of nitrogen functional groups attached to an aromatic ring is 1. The maximum atomic E-state index is 5.62. The van der Waals surface area contributed by atoms with Gasteiger partial charge in [-0.15, -0.1) is 0 Å². The summed E-state index contributed by atoms with van der Waals surface area (Å²) < 4.78 is 1.67. The Labute approximate surface area is 93.5 Å². The molecule has 0 aliphatic carbocycles. The Hall–Kier alpha value is -2.11. The number of aromatic nitrogens is 4. The van der Waals surface area contributed by atoms with E-state index in [1.165, 1.54) is 0 Å². The van der Waals surface area contributed by atoms with E-state index in [2.05, 4.69) is 20.4 Å². The molecule has 2 rings (SSSR count). The Balaban J connectivity index is 2.04. The Morgan fingerprint density at radius 3 is 2.88 bits per heavy atom. The minimum Gasteiger partial charge on any atom is -0.397 e. The first kappa shape index (κ1) is 10.4. The van der Waals surface area contributed by atoms with Crippen LogP contribution in [0.25, 0.3) is 0 Å². The van der Waals surface area contributed by atoms with Crippen LogP contribution in [0.1, 0.15) is 11.4 Å². The van der Waals surface area contributed by atoms with E-state index in [1.807, 2.05) is 20.0 Å². The molecule has 0 atom stereocenters. The molecule has 0 saturated heterocycles. The first-order valence-corrected chi connectivity index (χ1v) is 4.95. The molecule has 0 saturated carbocycles. The lowest BCUT2D eigenvalue weighted by molar-refractivity contribution is 0.747. The lowest BCUT2D eigenvalue weighted by Crippen LogP contribution is -2.05. The van der Waals surface area contributed by atoms with Crippen molar-refractivity contribution in [3.63, 3.8) is 0 Å². The molecular formula is C10H14N6. The third-order valence-corrected chi connectivity index (χ3v) is 2.16. The topological polar surface area (TPSA) is 81.6 Å². The van der Waals surface area contributed by atoms with Crippen LogP contribution in [-0.2, 0) is 13.6 Å². The standard InChI is InChI=1S/C10H14N6/c1-7-3-8(11)4-12-10(7)13-5-9-14-6-16(2)15-9/h3-4,6H,5,11H2,1-2H3,(H,12,13). The Morgan fingerprint density at radius 2 is 2.25 bits per heavy atom. The molecule has 2 aromatic rings. The van der Waals surface area contributed by atoms with Crippen molar-refractivity contribution in [3.8, 4) is 0 Å². The second-order valence-corrected chi connectivity index (χ2v) is 3.62. The third kappa shape index (κ3) is 2.28. The minimum absolute atomic E-state index is 0.554. The van der Waals surface area contributed by atoms with Crippen LogP contribution in [-0.4, -0.2) is 19.7 Å². The van der Waals surface area contributed by atoms with Gasteiger partial charge in [0.1, 0.15) is 12.1 Å². The van der Waals surface area contributed by atoms with E-state index in [0.29, 0.717) is 12.2 Å². The van der Waals surface area contributed by atoms with Gasteiger partial charge >= 0.3 is 0 Å². The quantitative estimate of drug-likeness (QED) is 0.793. The Morgan fingerprint density at radius 1 is 1.44 bits per heavy atom. The summed E-state index contributed by atoms with van der Waals surface area (Å²) >= 11 is 0. The van der Waals surface area contributed by atoms with Gasteiger partial charge in [-0.25, -0.2) is 9.97 Å². The van der Waals surface area contributed by atoms with Crippen molar-refractivity contribution in [2.45, 2.75) is 13.5 Å². The average Bonchev–Trinajstić information content (AvgIpc) is 2.63. The zero-order valence-electron chi connectivity index (χ0n) is 9.31. The van der Waals surface area contributed by atoms with Gasteiger partial charge in [0.05, 0.1) is 18.4 Å². The minimum atomic E-state index is 0.554. The molecule has 2 heterocycles. The van der Waals surface area contributed by atoms with Crippen LogP contribution in [0.5, 0.6) is 0 Å². The summed E-state index contributed by atoms with van der Waals surface area (Å²) in [5.74, 6) is 1.54. The third-order valence-electron chi connectivity index (χ3n) is 2.16. The first-order valence-electron chi connectivity index (χ1n) is 4.95. The van der Waals surface area contributed by atoms with Crippen LogP contribution in [0, 0.1) is 6.92 Å². The number of hydrogen-bond acceptors (Lipinski definition) is 5. The normalized spacial score (nSPS) is 10.4. The maximum absolute atomic E-state index is 5.62. The number of nitrogens with zero attached hydrogens (tertiary/aromatic N) is 4. The van der Waals surface area contributed by atoms with Gasteiger partial charge in [-0.2, -0.15) is 5.10 Å². The van der Waals surface area contributed by atoms with Crippen LogP contribution >= 0.6 is 0 Å². The fourth-order valence-electron chi connectivity index (χ4n) is 1.41. The summed E-state index contributed by atoms with van der Waals surface area (Å²) in [5, 5.41) is 7.33. The van der Waals surface area contributed by atoms with Gasteiger partial charge in [0.25, 0.3) is 0 Å². The molecule has 16 heavy (non-hydrogen) atoms. The molecule has 0 spiro atoms. The number of nitrogens with two attached hydrogens (primary N) is 1. The molecule has 0 aromatic carbocycles. The fourth-order valence-corrected chi connectivity index (χ4v) is 1.41. The molecular weight excluding hydrogens is 204 g/mol. The highest BCUT2D eigenvalue weighted by atomic mass is 15.3. The lowest BCUT2D eigenvalue weighted by atomic mass is 10.2. The number of hydrogen-bond donors (Lipinski definition) is 2. The van der Waals surface area contributed by atoms with Gasteiger partial charge in [-0.1, -0.05) is 0 Å². The Kier molecular flexibility index (Phi) is 2.72. The van der Waals surface area contributed by atoms with Crippen LogP contribution < -0.4 is 11.1 Å². The molecule has 0 radical (unpaired) electrons. The second-order valence-electron chi connectivity index (χ2n) is 3.62. The van der Waals surface area contributed by atoms with E-state index in [1.54, 1.807) is 17.2 Å². The molecule has 3 N–H and O–H groups in total. The van der Waals surface area contributed by atoms with Gasteiger partial charge in [0.15, 0.2) is 5.82 Å². The molecule has 2 aromatic heterocycles. The SMILES string of the molecule is Cc1cc(N)cnc1NCc1ncn(C)n1. The molecule has 0 aliphatic heterocycles. The monoisotopic (exact) mass is 218 g/mol. The van der Waals surface area contributed by atoms with Gasteiger partial charge < -0.3 is 11.1 Å². The molecule has 0 fully saturated rings. The predicted molar refractivity (Wildman–Crippen MR) is 61.7 cm³/mol. The van der Waals surface area contributed by atoms with Crippen molar-refractivity contribution in [2.75, 3.05) is 11.1 Å². The van der Waals surface area contributed by atoms with Crippen LogP contribution in [0.3, 0.4) is 0 Å². The molecule has 0 bridgehead atoms. The van der Waals surface area contributed by atoms with Crippen molar-refractivity contribution in [1.29, 1.82) is 0 Å². The first-order chi connectivity index (χ1) is 7.65. The molecule has 0 aliphatic rings. The van der Waals surface area contributed by atoms with Crippen LogP contribution in [0.2, 0.25) is 0 Å². The summed E-state index contributed by atoms with van der Waals surface area (Å²) in [6.07, 6.45) is 3.29.